The molecule has 0 unspecified atom stereocenters. The summed E-state index contributed by atoms with van der Waals surface area (Å²) >= 11 is 0. The zero-order valence-corrected chi connectivity index (χ0v) is 16.2. The second-order valence-corrected chi connectivity index (χ2v) is 6.16. The number of rotatable bonds is 5. The lowest BCUT2D eigenvalue weighted by molar-refractivity contribution is -0.140. The third-order valence-corrected chi connectivity index (χ3v) is 4.26. The lowest BCUT2D eigenvalue weighted by Gasteiger charge is -2.31. The molecule has 0 saturated heterocycles. The van der Waals surface area contributed by atoms with Gasteiger partial charge in [0.05, 0.1) is 32.0 Å². The molecule has 0 radical (unpaired) electrons. The molecule has 1 amide bonds. The average molecular weight is 400 g/mol. The van der Waals surface area contributed by atoms with E-state index in [0.29, 0.717) is 22.7 Å². The molecule has 152 valence electrons. The van der Waals surface area contributed by atoms with Gasteiger partial charge in [0.1, 0.15) is 24.5 Å². The number of methoxy groups -OCH3 is 2. The van der Waals surface area contributed by atoms with Crippen molar-refractivity contribution in [1.82, 2.24) is 0 Å². The van der Waals surface area contributed by atoms with Crippen LogP contribution in [0.3, 0.4) is 0 Å². The largest absolute Gasteiger partial charge is 0.469 e. The van der Waals surface area contributed by atoms with Crippen molar-refractivity contribution in [1.29, 1.82) is 0 Å². The smallest absolute Gasteiger partial charge is 0.355 e. The van der Waals surface area contributed by atoms with Gasteiger partial charge in [-0.15, -0.1) is 0 Å². The Labute approximate surface area is 166 Å². The second-order valence-electron chi connectivity index (χ2n) is 6.16. The molecule has 1 aliphatic rings. The van der Waals surface area contributed by atoms with E-state index < -0.39 is 11.9 Å². The van der Waals surface area contributed by atoms with Crippen LogP contribution in [0.1, 0.15) is 16.1 Å². The van der Waals surface area contributed by atoms with Gasteiger partial charge in [-0.25, -0.2) is 9.59 Å². The number of furan rings is 1. The molecule has 0 saturated carbocycles. The Kier molecular flexibility index (Phi) is 5.99. The van der Waals surface area contributed by atoms with E-state index in [2.05, 4.69) is 5.32 Å². The maximum Gasteiger partial charge on any atom is 0.355 e. The molecular formula is C20H20N2O7. The number of ether oxygens (including phenoxy) is 3. The van der Waals surface area contributed by atoms with Gasteiger partial charge in [-0.1, -0.05) is 0 Å². The van der Waals surface area contributed by atoms with Crippen molar-refractivity contribution in [2.45, 2.75) is 6.92 Å². The standard InChI is InChI=1S/C20H20N2O7/c1-12-8-13(9-29-12)18(23)21-14-4-6-15(7-5-14)22-11-28-10-16(19(24)26-2)17(22)20(25)27-3/h4-9H,10-11H2,1-3H3,(H,21,23). The summed E-state index contributed by atoms with van der Waals surface area (Å²) in [5, 5.41) is 2.76. The molecule has 1 aromatic carbocycles. The molecule has 3 rings (SSSR count). The van der Waals surface area contributed by atoms with Crippen LogP contribution in [-0.2, 0) is 23.8 Å². The van der Waals surface area contributed by atoms with E-state index in [9.17, 15) is 14.4 Å². The lowest BCUT2D eigenvalue weighted by atomic mass is 10.1. The lowest BCUT2D eigenvalue weighted by Crippen LogP contribution is -2.38. The van der Waals surface area contributed by atoms with Crippen LogP contribution in [0.4, 0.5) is 11.4 Å². The molecule has 0 fully saturated rings. The zero-order chi connectivity index (χ0) is 21.0. The third-order valence-electron chi connectivity index (χ3n) is 4.26. The fourth-order valence-corrected chi connectivity index (χ4v) is 2.84. The number of benzene rings is 1. The number of aryl methyl sites for hydroxylation is 1. The van der Waals surface area contributed by atoms with Crippen LogP contribution in [0, 0.1) is 6.92 Å². The highest BCUT2D eigenvalue weighted by molar-refractivity contribution is 6.05. The summed E-state index contributed by atoms with van der Waals surface area (Å²) in [7, 11) is 2.45. The predicted molar refractivity (Wildman–Crippen MR) is 102 cm³/mol. The first-order valence-corrected chi connectivity index (χ1v) is 8.66. The number of carbonyl (C=O) groups is 3. The Bertz CT molecular complexity index is 959. The SMILES string of the molecule is COC(=O)C1=C(C(=O)OC)N(c2ccc(NC(=O)c3coc(C)c3)cc2)COC1. The van der Waals surface area contributed by atoms with Gasteiger partial charge in [-0.3, -0.25) is 4.79 Å². The van der Waals surface area contributed by atoms with Crippen molar-refractivity contribution in [3.63, 3.8) is 0 Å². The van der Waals surface area contributed by atoms with Crippen LogP contribution >= 0.6 is 0 Å². The number of amides is 1. The van der Waals surface area contributed by atoms with Gasteiger partial charge in [-0.2, -0.15) is 0 Å². The molecule has 0 aliphatic carbocycles. The van der Waals surface area contributed by atoms with Crippen LogP contribution in [0.5, 0.6) is 0 Å². The van der Waals surface area contributed by atoms with Crippen molar-refractivity contribution in [2.75, 3.05) is 37.8 Å². The van der Waals surface area contributed by atoms with E-state index in [1.165, 1.54) is 25.4 Å². The third kappa shape index (κ3) is 4.30. The first kappa shape index (κ1) is 20.2. The molecule has 29 heavy (non-hydrogen) atoms. The molecule has 1 aromatic heterocycles. The fraction of sp³-hybridized carbons (Fsp3) is 0.250. The molecular weight excluding hydrogens is 380 g/mol. The molecule has 2 heterocycles. The van der Waals surface area contributed by atoms with Crippen LogP contribution in [0.2, 0.25) is 0 Å². The van der Waals surface area contributed by atoms with Gasteiger partial charge < -0.3 is 28.8 Å². The van der Waals surface area contributed by atoms with E-state index in [-0.39, 0.29) is 30.5 Å². The van der Waals surface area contributed by atoms with Gasteiger partial charge in [0.15, 0.2) is 0 Å². The molecule has 0 atom stereocenters. The van der Waals surface area contributed by atoms with E-state index >= 15 is 0 Å². The van der Waals surface area contributed by atoms with E-state index in [1.807, 2.05) is 0 Å². The van der Waals surface area contributed by atoms with E-state index in [1.54, 1.807) is 37.3 Å². The molecule has 0 bridgehead atoms. The number of esters is 2. The Balaban J connectivity index is 1.84. The highest BCUT2D eigenvalue weighted by Crippen LogP contribution is 2.28. The van der Waals surface area contributed by atoms with Gasteiger partial charge in [0.2, 0.25) is 0 Å². The fourth-order valence-electron chi connectivity index (χ4n) is 2.84. The highest BCUT2D eigenvalue weighted by Gasteiger charge is 2.32. The van der Waals surface area contributed by atoms with Gasteiger partial charge >= 0.3 is 11.9 Å². The summed E-state index contributed by atoms with van der Waals surface area (Å²) in [6.45, 7) is 1.73. The summed E-state index contributed by atoms with van der Waals surface area (Å²) in [4.78, 5) is 38.1. The molecule has 1 aliphatic heterocycles. The van der Waals surface area contributed by atoms with Crippen LogP contribution in [0.25, 0.3) is 0 Å². The van der Waals surface area contributed by atoms with Crippen molar-refractivity contribution in [3.8, 4) is 0 Å². The Morgan fingerprint density at radius 2 is 1.76 bits per heavy atom. The number of hydrogen-bond donors (Lipinski definition) is 1. The summed E-state index contributed by atoms with van der Waals surface area (Å²) in [5.41, 5.74) is 1.65. The second kappa shape index (κ2) is 8.61. The average Bonchev–Trinajstić information content (AvgIpc) is 3.19. The topological polar surface area (TPSA) is 107 Å². The number of carbonyl (C=O) groups excluding carboxylic acids is 3. The van der Waals surface area contributed by atoms with E-state index in [4.69, 9.17) is 18.6 Å². The highest BCUT2D eigenvalue weighted by atomic mass is 16.5. The Hall–Kier alpha value is -3.59. The Morgan fingerprint density at radius 1 is 1.07 bits per heavy atom. The van der Waals surface area contributed by atoms with Crippen molar-refractivity contribution in [3.05, 3.63) is 59.2 Å². The number of nitrogens with one attached hydrogen (secondary N) is 1. The zero-order valence-electron chi connectivity index (χ0n) is 16.2. The predicted octanol–water partition coefficient (Wildman–Crippen LogP) is 2.23. The molecule has 1 N–H and O–H groups in total. The quantitative estimate of drug-likeness (QED) is 0.762. The van der Waals surface area contributed by atoms with Crippen molar-refractivity contribution < 1.29 is 33.0 Å². The molecule has 9 heteroatoms. The minimum atomic E-state index is -0.679. The number of nitrogens with zero attached hydrogens (tertiary/aromatic N) is 1. The maximum atomic E-state index is 12.3. The minimum Gasteiger partial charge on any atom is -0.469 e. The first-order chi connectivity index (χ1) is 13.9. The monoisotopic (exact) mass is 400 g/mol. The van der Waals surface area contributed by atoms with Crippen LogP contribution < -0.4 is 10.2 Å². The summed E-state index contributed by atoms with van der Waals surface area (Å²) in [6, 6.07) is 8.34. The molecule has 2 aromatic rings. The van der Waals surface area contributed by atoms with Crippen LogP contribution in [-0.4, -0.2) is 45.4 Å². The van der Waals surface area contributed by atoms with Gasteiger partial charge in [-0.05, 0) is 37.3 Å². The maximum absolute atomic E-state index is 12.3. The van der Waals surface area contributed by atoms with Gasteiger partial charge in [0.25, 0.3) is 5.91 Å². The summed E-state index contributed by atoms with van der Waals surface area (Å²) in [6.07, 6.45) is 1.38. The van der Waals surface area contributed by atoms with Crippen molar-refractivity contribution >= 4 is 29.2 Å². The minimum absolute atomic E-state index is 0.0466. The summed E-state index contributed by atoms with van der Waals surface area (Å²) < 4.78 is 20.1. The molecule has 9 nitrogen and oxygen atoms in total. The summed E-state index contributed by atoms with van der Waals surface area (Å²) in [5.74, 6) is -1.02. The normalized spacial score (nSPS) is 13.8. The van der Waals surface area contributed by atoms with E-state index in [0.717, 1.165) is 0 Å². The van der Waals surface area contributed by atoms with Crippen LogP contribution in [0.15, 0.2) is 52.3 Å². The van der Waals surface area contributed by atoms with Crippen molar-refractivity contribution in [2.24, 2.45) is 0 Å². The number of anilines is 2. The molecule has 0 spiro atoms. The van der Waals surface area contributed by atoms with Gasteiger partial charge in [0, 0.05) is 11.4 Å². The first-order valence-electron chi connectivity index (χ1n) is 8.66. The number of hydrogen-bond acceptors (Lipinski definition) is 8. The Morgan fingerprint density at radius 3 is 2.34 bits per heavy atom.